The normalized spacial score (nSPS) is 10.4. The third-order valence-corrected chi connectivity index (χ3v) is 4.07. The number of nitrogens with two attached hydrogens (primary N) is 1. The number of aryl methyl sites for hydroxylation is 2. The molecule has 1 amide bonds. The number of hydrogen-bond acceptors (Lipinski definition) is 2. The molecule has 0 radical (unpaired) electrons. The number of amides is 1. The fourth-order valence-electron chi connectivity index (χ4n) is 1.82. The number of halogens is 2. The molecule has 20 heavy (non-hydrogen) atoms. The van der Waals surface area contributed by atoms with Gasteiger partial charge in [0.25, 0.3) is 5.91 Å². The first-order valence-corrected chi connectivity index (χ1v) is 7.18. The van der Waals surface area contributed by atoms with Crippen molar-refractivity contribution >= 4 is 44.8 Å². The highest BCUT2D eigenvalue weighted by molar-refractivity contribution is 9.10. The maximum atomic E-state index is 12.3. The average Bonchev–Trinajstić information content (AvgIpc) is 2.38. The molecule has 0 bridgehead atoms. The van der Waals surface area contributed by atoms with Crippen molar-refractivity contribution in [3.8, 4) is 0 Å². The molecule has 0 unspecified atom stereocenters. The zero-order valence-corrected chi connectivity index (χ0v) is 13.5. The maximum absolute atomic E-state index is 12.3. The Balaban J connectivity index is 2.32. The monoisotopic (exact) mass is 352 g/mol. The van der Waals surface area contributed by atoms with Crippen LogP contribution in [-0.2, 0) is 0 Å². The average molecular weight is 354 g/mol. The minimum atomic E-state index is -0.213. The lowest BCUT2D eigenvalue weighted by Crippen LogP contribution is -2.14. The summed E-state index contributed by atoms with van der Waals surface area (Å²) in [7, 11) is 0. The number of nitrogens with one attached hydrogen (secondary N) is 1. The lowest BCUT2D eigenvalue weighted by Gasteiger charge is -2.11. The minimum Gasteiger partial charge on any atom is -0.399 e. The predicted octanol–water partition coefficient (Wildman–Crippen LogP) is 4.55. The van der Waals surface area contributed by atoms with Crippen LogP contribution in [0.25, 0.3) is 0 Å². The molecule has 3 nitrogen and oxygen atoms in total. The van der Waals surface area contributed by atoms with Gasteiger partial charge in [-0.05, 0) is 65.2 Å². The molecule has 2 aromatic carbocycles. The fraction of sp³-hybridized carbons (Fsp3) is 0.133. The van der Waals surface area contributed by atoms with E-state index in [-0.39, 0.29) is 5.91 Å². The largest absolute Gasteiger partial charge is 0.399 e. The summed E-state index contributed by atoms with van der Waals surface area (Å²) < 4.78 is 0.786. The van der Waals surface area contributed by atoms with Gasteiger partial charge in [0.1, 0.15) is 0 Å². The van der Waals surface area contributed by atoms with Gasteiger partial charge in [-0.15, -0.1) is 0 Å². The van der Waals surface area contributed by atoms with Crippen LogP contribution < -0.4 is 11.1 Å². The van der Waals surface area contributed by atoms with Crippen LogP contribution in [0.4, 0.5) is 11.4 Å². The fourth-order valence-corrected chi connectivity index (χ4v) is 2.54. The van der Waals surface area contributed by atoms with E-state index in [1.54, 1.807) is 18.2 Å². The first-order valence-electron chi connectivity index (χ1n) is 6.01. The number of rotatable bonds is 2. The molecule has 0 aromatic heterocycles. The second-order valence-electron chi connectivity index (χ2n) is 4.61. The Morgan fingerprint density at radius 3 is 2.60 bits per heavy atom. The zero-order valence-electron chi connectivity index (χ0n) is 11.1. The quantitative estimate of drug-likeness (QED) is 0.778. The molecular weight excluding hydrogens is 340 g/mol. The smallest absolute Gasteiger partial charge is 0.256 e. The van der Waals surface area contributed by atoms with E-state index in [9.17, 15) is 4.79 Å². The topological polar surface area (TPSA) is 55.1 Å². The van der Waals surface area contributed by atoms with Gasteiger partial charge in [0.2, 0.25) is 0 Å². The Morgan fingerprint density at radius 1 is 1.20 bits per heavy atom. The summed E-state index contributed by atoms with van der Waals surface area (Å²) in [4.78, 5) is 12.3. The van der Waals surface area contributed by atoms with Crippen molar-refractivity contribution in [3.63, 3.8) is 0 Å². The van der Waals surface area contributed by atoms with Crippen LogP contribution in [0.15, 0.2) is 34.8 Å². The molecule has 5 heteroatoms. The number of anilines is 2. The van der Waals surface area contributed by atoms with E-state index in [0.717, 1.165) is 15.6 Å². The van der Waals surface area contributed by atoms with Gasteiger partial charge in [0.05, 0.1) is 5.69 Å². The first-order chi connectivity index (χ1) is 9.38. The summed E-state index contributed by atoms with van der Waals surface area (Å²) in [5.74, 6) is -0.213. The van der Waals surface area contributed by atoms with Crippen molar-refractivity contribution in [2.45, 2.75) is 13.8 Å². The first kappa shape index (κ1) is 14.9. The van der Waals surface area contributed by atoms with Crippen LogP contribution in [0.1, 0.15) is 21.5 Å². The van der Waals surface area contributed by atoms with Crippen molar-refractivity contribution in [1.82, 2.24) is 0 Å². The van der Waals surface area contributed by atoms with Crippen LogP contribution >= 0.6 is 27.5 Å². The highest BCUT2D eigenvalue weighted by Gasteiger charge is 2.12. The number of hydrogen-bond donors (Lipinski definition) is 2. The second kappa shape index (κ2) is 5.85. The lowest BCUT2D eigenvalue weighted by molar-refractivity contribution is 0.102. The number of carbonyl (C=O) groups is 1. The third kappa shape index (κ3) is 3.14. The molecule has 2 aromatic rings. The molecule has 0 saturated heterocycles. The van der Waals surface area contributed by atoms with Gasteiger partial charge in [0.15, 0.2) is 0 Å². The summed E-state index contributed by atoms with van der Waals surface area (Å²) in [5.41, 5.74) is 9.27. The van der Waals surface area contributed by atoms with Crippen molar-refractivity contribution in [1.29, 1.82) is 0 Å². The van der Waals surface area contributed by atoms with E-state index in [1.165, 1.54) is 0 Å². The molecule has 0 heterocycles. The molecular formula is C15H14BrClN2O. The standard InChI is InChI=1S/C15H14BrClN2O/c1-8-3-4-10(18)6-11(8)15(20)19-14-7-13(17)9(2)5-12(14)16/h3-7H,18H2,1-2H3,(H,19,20). The number of carbonyl (C=O) groups excluding carboxylic acids is 1. The Labute approximate surface area is 131 Å². The van der Waals surface area contributed by atoms with E-state index in [0.29, 0.717) is 22.0 Å². The van der Waals surface area contributed by atoms with Crippen molar-refractivity contribution in [2.75, 3.05) is 11.1 Å². The van der Waals surface area contributed by atoms with Crippen LogP contribution in [0.3, 0.4) is 0 Å². The summed E-state index contributed by atoms with van der Waals surface area (Å²) in [6.45, 7) is 3.77. The van der Waals surface area contributed by atoms with Gasteiger partial charge >= 0.3 is 0 Å². The Morgan fingerprint density at radius 2 is 1.90 bits per heavy atom. The molecule has 0 aliphatic heterocycles. The lowest BCUT2D eigenvalue weighted by atomic mass is 10.1. The summed E-state index contributed by atoms with van der Waals surface area (Å²) >= 11 is 9.50. The maximum Gasteiger partial charge on any atom is 0.256 e. The molecule has 2 rings (SSSR count). The molecule has 0 fully saturated rings. The van der Waals surface area contributed by atoms with E-state index in [1.807, 2.05) is 26.0 Å². The van der Waals surface area contributed by atoms with Gasteiger partial charge in [0, 0.05) is 20.7 Å². The SMILES string of the molecule is Cc1cc(Br)c(NC(=O)c2cc(N)ccc2C)cc1Cl. The molecule has 0 spiro atoms. The van der Waals surface area contributed by atoms with Crippen LogP contribution in [-0.4, -0.2) is 5.91 Å². The molecule has 3 N–H and O–H groups in total. The Bertz CT molecular complexity index is 686. The summed E-state index contributed by atoms with van der Waals surface area (Å²) in [6.07, 6.45) is 0. The van der Waals surface area contributed by atoms with Gasteiger partial charge in [-0.25, -0.2) is 0 Å². The van der Waals surface area contributed by atoms with Crippen LogP contribution in [0, 0.1) is 13.8 Å². The van der Waals surface area contributed by atoms with Crippen LogP contribution in [0.5, 0.6) is 0 Å². The van der Waals surface area contributed by atoms with Gasteiger partial charge in [-0.2, -0.15) is 0 Å². The van der Waals surface area contributed by atoms with Crippen molar-refractivity contribution in [3.05, 3.63) is 56.5 Å². The van der Waals surface area contributed by atoms with Crippen LogP contribution in [0.2, 0.25) is 5.02 Å². The highest BCUT2D eigenvalue weighted by atomic mass is 79.9. The molecule has 0 atom stereocenters. The zero-order chi connectivity index (χ0) is 14.9. The van der Waals surface area contributed by atoms with Gasteiger partial charge in [-0.3, -0.25) is 4.79 Å². The third-order valence-electron chi connectivity index (χ3n) is 3.00. The molecule has 0 aliphatic carbocycles. The minimum absolute atomic E-state index is 0.213. The van der Waals surface area contributed by atoms with E-state index < -0.39 is 0 Å². The molecule has 0 saturated carbocycles. The van der Waals surface area contributed by atoms with Gasteiger partial charge in [-0.1, -0.05) is 17.7 Å². The van der Waals surface area contributed by atoms with Crippen molar-refractivity contribution < 1.29 is 4.79 Å². The van der Waals surface area contributed by atoms with Gasteiger partial charge < -0.3 is 11.1 Å². The summed E-state index contributed by atoms with van der Waals surface area (Å²) in [5, 5.41) is 3.44. The van der Waals surface area contributed by atoms with E-state index >= 15 is 0 Å². The Kier molecular flexibility index (Phi) is 4.35. The van der Waals surface area contributed by atoms with Crippen molar-refractivity contribution in [2.24, 2.45) is 0 Å². The van der Waals surface area contributed by atoms with E-state index in [4.69, 9.17) is 17.3 Å². The molecule has 0 aliphatic rings. The highest BCUT2D eigenvalue weighted by Crippen LogP contribution is 2.29. The number of benzene rings is 2. The summed E-state index contributed by atoms with van der Waals surface area (Å²) in [6, 6.07) is 8.84. The number of nitrogen functional groups attached to an aromatic ring is 1. The predicted molar refractivity (Wildman–Crippen MR) is 87.4 cm³/mol. The second-order valence-corrected chi connectivity index (χ2v) is 5.87. The van der Waals surface area contributed by atoms with E-state index in [2.05, 4.69) is 21.2 Å². The Hall–Kier alpha value is -1.52. The molecule has 104 valence electrons.